The van der Waals surface area contributed by atoms with E-state index in [1.54, 1.807) is 19.9 Å². The Morgan fingerprint density at radius 1 is 0.951 bits per heavy atom. The van der Waals surface area contributed by atoms with Gasteiger partial charge in [0.1, 0.15) is 6.10 Å². The average molecular weight is 581 g/mol. The number of hydrogen-bond donors (Lipinski definition) is 4. The fourth-order valence-corrected chi connectivity index (χ4v) is 5.85. The molecule has 0 unspecified atom stereocenters. The Balaban J connectivity index is 2.85. The van der Waals surface area contributed by atoms with E-state index in [1.165, 1.54) is 0 Å². The Kier molecular flexibility index (Phi) is 18.4. The number of carboxylic acids is 1. The predicted octanol–water partition coefficient (Wildman–Crippen LogP) is 6.98. The summed E-state index contributed by atoms with van der Waals surface area (Å²) in [4.78, 5) is 23.7. The van der Waals surface area contributed by atoms with Crippen LogP contribution in [0.15, 0.2) is 23.3 Å². The molecule has 4 N–H and O–H groups in total. The molecule has 7 heteroatoms. The molecule has 0 fully saturated rings. The molecule has 0 aliphatic carbocycles. The number of ether oxygens (including phenoxy) is 1. The lowest BCUT2D eigenvalue weighted by Gasteiger charge is -2.30. The molecule has 0 saturated heterocycles. The smallest absolute Gasteiger partial charge is 0.333 e. The van der Waals surface area contributed by atoms with Gasteiger partial charge < -0.3 is 25.2 Å². The summed E-state index contributed by atoms with van der Waals surface area (Å²) >= 11 is 0. The Bertz CT molecular complexity index is 820. The molecule has 0 amide bonds. The number of cyclic esters (lactones) is 1. The van der Waals surface area contributed by atoms with Gasteiger partial charge in [0.25, 0.3) is 0 Å². The highest BCUT2D eigenvalue weighted by atomic mass is 16.5. The van der Waals surface area contributed by atoms with Crippen molar-refractivity contribution in [1.82, 2.24) is 0 Å². The highest BCUT2D eigenvalue weighted by Crippen LogP contribution is 2.29. The third-order valence-corrected chi connectivity index (χ3v) is 8.97. The zero-order valence-corrected chi connectivity index (χ0v) is 26.7. The molecule has 1 aliphatic heterocycles. The molecule has 0 bridgehead atoms. The molecule has 0 aromatic rings. The average Bonchev–Trinajstić information content (AvgIpc) is 2.91. The number of aliphatic carboxylic acids is 1. The van der Waals surface area contributed by atoms with Crippen LogP contribution in [0.5, 0.6) is 0 Å². The molecule has 41 heavy (non-hydrogen) atoms. The summed E-state index contributed by atoms with van der Waals surface area (Å²) in [6.45, 7) is 11.9. The fraction of sp³-hybridized carbons (Fsp3) is 0.824. The summed E-state index contributed by atoms with van der Waals surface area (Å²) in [5, 5.41) is 40.7. The SMILES string of the molecule is C/C1=C\C[C@@H](O)[C@@H](C)[C@H](O)C[C@H](O)/C(C)=C/[C@@H](C)CCC[C@H](C)[C@@H]([C@H](C)CCCCCCCCCC(=O)O)OC1=O. The van der Waals surface area contributed by atoms with Crippen LogP contribution in [0, 0.1) is 23.7 Å². The monoisotopic (exact) mass is 580 g/mol. The van der Waals surface area contributed by atoms with E-state index >= 15 is 0 Å². The minimum atomic E-state index is -0.860. The maximum absolute atomic E-state index is 13.1. The molecular formula is C34H60O7. The quantitative estimate of drug-likeness (QED) is 0.118. The van der Waals surface area contributed by atoms with Crippen molar-refractivity contribution in [2.45, 2.75) is 156 Å². The highest BCUT2D eigenvalue weighted by molar-refractivity contribution is 5.87. The zero-order chi connectivity index (χ0) is 30.9. The Morgan fingerprint density at radius 2 is 1.56 bits per heavy atom. The summed E-state index contributed by atoms with van der Waals surface area (Å²) in [7, 11) is 0. The summed E-state index contributed by atoms with van der Waals surface area (Å²) in [5.74, 6) is -0.812. The third-order valence-electron chi connectivity index (χ3n) is 8.97. The molecule has 7 nitrogen and oxygen atoms in total. The van der Waals surface area contributed by atoms with Crippen molar-refractivity contribution in [3.63, 3.8) is 0 Å². The van der Waals surface area contributed by atoms with Crippen LogP contribution < -0.4 is 0 Å². The molecule has 8 atom stereocenters. The van der Waals surface area contributed by atoms with E-state index in [-0.39, 0.29) is 49.1 Å². The van der Waals surface area contributed by atoms with Crippen LogP contribution in [-0.4, -0.2) is 56.8 Å². The number of carbonyl (C=O) groups excluding carboxylic acids is 1. The van der Waals surface area contributed by atoms with E-state index in [9.17, 15) is 24.9 Å². The molecule has 0 aromatic heterocycles. The largest absolute Gasteiger partial charge is 0.481 e. The number of aliphatic hydroxyl groups excluding tert-OH is 3. The third kappa shape index (κ3) is 15.4. The van der Waals surface area contributed by atoms with E-state index in [0.29, 0.717) is 5.57 Å². The molecule has 0 saturated carbocycles. The van der Waals surface area contributed by atoms with Gasteiger partial charge in [0.05, 0.1) is 18.3 Å². The topological polar surface area (TPSA) is 124 Å². The van der Waals surface area contributed by atoms with Gasteiger partial charge in [-0.15, -0.1) is 0 Å². The first-order valence-corrected chi connectivity index (χ1v) is 16.1. The summed E-state index contributed by atoms with van der Waals surface area (Å²) in [6, 6.07) is 0. The van der Waals surface area contributed by atoms with Gasteiger partial charge in [-0.2, -0.15) is 0 Å². The van der Waals surface area contributed by atoms with Crippen LogP contribution in [0.2, 0.25) is 0 Å². The fourth-order valence-electron chi connectivity index (χ4n) is 5.85. The second-order valence-corrected chi connectivity index (χ2v) is 12.9. The van der Waals surface area contributed by atoms with Crippen LogP contribution in [-0.2, 0) is 14.3 Å². The summed E-state index contributed by atoms with van der Waals surface area (Å²) < 4.78 is 6.13. The first kappa shape index (κ1) is 37.3. The van der Waals surface area contributed by atoms with Crippen LogP contribution >= 0.6 is 0 Å². The van der Waals surface area contributed by atoms with Crippen molar-refractivity contribution >= 4 is 11.9 Å². The van der Waals surface area contributed by atoms with Crippen molar-refractivity contribution in [1.29, 1.82) is 0 Å². The normalized spacial score (nSPS) is 32.9. The molecule has 1 rings (SSSR count). The number of hydrogen-bond acceptors (Lipinski definition) is 6. The first-order valence-electron chi connectivity index (χ1n) is 16.1. The molecule has 0 radical (unpaired) electrons. The van der Waals surface area contributed by atoms with Crippen LogP contribution in [0.3, 0.4) is 0 Å². The lowest BCUT2D eigenvalue weighted by Crippen LogP contribution is -2.33. The van der Waals surface area contributed by atoms with Crippen molar-refractivity contribution in [2.24, 2.45) is 23.7 Å². The van der Waals surface area contributed by atoms with Gasteiger partial charge in [-0.25, -0.2) is 4.79 Å². The van der Waals surface area contributed by atoms with E-state index in [1.807, 2.05) is 6.92 Å². The van der Waals surface area contributed by atoms with E-state index in [0.717, 1.165) is 76.2 Å². The summed E-state index contributed by atoms with van der Waals surface area (Å²) in [6.07, 6.45) is 12.9. The van der Waals surface area contributed by atoms with Crippen molar-refractivity contribution in [3.8, 4) is 0 Å². The molecule has 238 valence electrons. The lowest BCUT2D eigenvalue weighted by molar-refractivity contribution is -0.150. The zero-order valence-electron chi connectivity index (χ0n) is 26.7. The number of allylic oxidation sites excluding steroid dienone is 1. The van der Waals surface area contributed by atoms with E-state index < -0.39 is 30.2 Å². The molecule has 0 aromatic carbocycles. The van der Waals surface area contributed by atoms with Crippen LogP contribution in [0.1, 0.15) is 131 Å². The molecule has 1 aliphatic rings. The Morgan fingerprint density at radius 3 is 2.20 bits per heavy atom. The number of rotatable bonds is 11. The minimum absolute atomic E-state index is 0.168. The van der Waals surface area contributed by atoms with Gasteiger partial charge in [-0.05, 0) is 69.3 Å². The number of aliphatic hydroxyl groups is 3. The lowest BCUT2D eigenvalue weighted by atomic mass is 9.85. The maximum Gasteiger partial charge on any atom is 0.333 e. The first-order chi connectivity index (χ1) is 19.3. The van der Waals surface area contributed by atoms with Crippen molar-refractivity contribution in [2.75, 3.05) is 0 Å². The van der Waals surface area contributed by atoms with Gasteiger partial charge in [0.15, 0.2) is 0 Å². The van der Waals surface area contributed by atoms with Crippen molar-refractivity contribution < 1.29 is 34.8 Å². The van der Waals surface area contributed by atoms with Gasteiger partial charge >= 0.3 is 11.9 Å². The maximum atomic E-state index is 13.1. The molecule has 1 heterocycles. The van der Waals surface area contributed by atoms with E-state index in [2.05, 4.69) is 26.8 Å². The van der Waals surface area contributed by atoms with Gasteiger partial charge in [0.2, 0.25) is 0 Å². The minimum Gasteiger partial charge on any atom is -0.481 e. The Hall–Kier alpha value is -1.70. The molecular weight excluding hydrogens is 520 g/mol. The second-order valence-electron chi connectivity index (χ2n) is 12.9. The highest BCUT2D eigenvalue weighted by Gasteiger charge is 2.29. The Labute approximate surface area is 249 Å². The predicted molar refractivity (Wildman–Crippen MR) is 164 cm³/mol. The molecule has 0 spiro atoms. The number of carboxylic acid groups (broad SMARTS) is 1. The van der Waals surface area contributed by atoms with Crippen LogP contribution in [0.25, 0.3) is 0 Å². The van der Waals surface area contributed by atoms with Gasteiger partial charge in [-0.1, -0.05) is 84.8 Å². The number of unbranched alkanes of at least 4 members (excludes halogenated alkanes) is 6. The summed E-state index contributed by atoms with van der Waals surface area (Å²) in [5.41, 5.74) is 1.32. The van der Waals surface area contributed by atoms with E-state index in [4.69, 9.17) is 9.84 Å². The van der Waals surface area contributed by atoms with Crippen molar-refractivity contribution in [3.05, 3.63) is 23.3 Å². The second kappa shape index (κ2) is 20.2. The van der Waals surface area contributed by atoms with Crippen LogP contribution in [0.4, 0.5) is 0 Å². The number of esters is 1. The van der Waals surface area contributed by atoms with Gasteiger partial charge in [0, 0.05) is 24.3 Å². The number of carbonyl (C=O) groups is 2. The standard InChI is InChI=1S/C34H60O7/c1-23-15-14-17-25(3)33(24(2)16-12-10-8-7-9-11-13-18-32(38)39)41-34(40)26(4)19-20-29(35)28(6)31(37)22-30(36)27(5)21-23/h19,21,23-25,28-31,33,35-37H,7-18,20,22H2,1-6H3,(H,38,39)/b26-19+,27-21+/t23-,24+,25-,28+,29+,30-,31+,33+/m0/s1. The van der Waals surface area contributed by atoms with Gasteiger partial charge in [-0.3, -0.25) is 4.79 Å².